The first-order chi connectivity index (χ1) is 6.81. The van der Waals surface area contributed by atoms with Crippen molar-refractivity contribution < 1.29 is 9.90 Å². The molecule has 0 fully saturated rings. The minimum atomic E-state index is -1.11. The lowest BCUT2D eigenvalue weighted by Gasteiger charge is -2.29. The fourth-order valence-corrected chi connectivity index (χ4v) is 1.40. The fraction of sp³-hybridized carbons (Fsp3) is 0.909. The second-order valence-corrected chi connectivity index (χ2v) is 4.60. The van der Waals surface area contributed by atoms with E-state index in [2.05, 4.69) is 25.7 Å². The van der Waals surface area contributed by atoms with Crippen molar-refractivity contribution in [3.8, 4) is 0 Å². The topological polar surface area (TPSA) is 66.6 Å². The number of aliphatic carboxylic acids is 1. The first-order valence-electron chi connectivity index (χ1n) is 5.57. The molecule has 0 saturated heterocycles. The highest BCUT2D eigenvalue weighted by molar-refractivity contribution is 5.77. The van der Waals surface area contributed by atoms with E-state index in [1.54, 1.807) is 6.92 Å². The minimum absolute atomic E-state index is 0.439. The number of nitrogens with zero attached hydrogens (tertiary/aromatic N) is 1. The largest absolute Gasteiger partial charge is 0.480 e. The predicted octanol–water partition coefficient (Wildman–Crippen LogP) is 1.30. The Bertz CT molecular complexity index is 203. The number of rotatable bonds is 7. The third-order valence-electron chi connectivity index (χ3n) is 2.65. The lowest BCUT2D eigenvalue weighted by molar-refractivity contribution is -0.143. The molecule has 4 nitrogen and oxygen atoms in total. The standard InChI is InChI=1S/C11H24N2O2/c1-5-7-13(9(2)3)8-6-11(4,12)10(14)15/h9H,5-8,12H2,1-4H3,(H,14,15). The van der Waals surface area contributed by atoms with E-state index in [9.17, 15) is 4.79 Å². The highest BCUT2D eigenvalue weighted by Crippen LogP contribution is 2.09. The summed E-state index contributed by atoms with van der Waals surface area (Å²) in [7, 11) is 0. The van der Waals surface area contributed by atoms with Crippen molar-refractivity contribution in [1.82, 2.24) is 4.90 Å². The number of hydrogen-bond acceptors (Lipinski definition) is 3. The maximum absolute atomic E-state index is 10.8. The molecule has 0 heterocycles. The summed E-state index contributed by atoms with van der Waals surface area (Å²) in [4.78, 5) is 13.1. The van der Waals surface area contributed by atoms with Gasteiger partial charge in [0.05, 0.1) is 0 Å². The van der Waals surface area contributed by atoms with Gasteiger partial charge < -0.3 is 15.7 Å². The molecule has 0 aromatic carbocycles. The van der Waals surface area contributed by atoms with Crippen LogP contribution in [-0.4, -0.2) is 40.6 Å². The van der Waals surface area contributed by atoms with Crippen molar-refractivity contribution in [2.75, 3.05) is 13.1 Å². The molecule has 15 heavy (non-hydrogen) atoms. The molecule has 90 valence electrons. The van der Waals surface area contributed by atoms with E-state index in [-0.39, 0.29) is 0 Å². The molecule has 0 saturated carbocycles. The summed E-state index contributed by atoms with van der Waals surface area (Å²) in [5, 5.41) is 8.88. The molecule has 1 atom stereocenters. The van der Waals surface area contributed by atoms with Crippen LogP contribution in [0.2, 0.25) is 0 Å². The first kappa shape index (κ1) is 14.4. The van der Waals surface area contributed by atoms with Gasteiger partial charge in [0, 0.05) is 12.6 Å². The summed E-state index contributed by atoms with van der Waals surface area (Å²) < 4.78 is 0. The van der Waals surface area contributed by atoms with E-state index in [1.165, 1.54) is 0 Å². The lowest BCUT2D eigenvalue weighted by atomic mass is 9.99. The summed E-state index contributed by atoms with van der Waals surface area (Å²) in [6.07, 6.45) is 1.56. The van der Waals surface area contributed by atoms with Crippen LogP contribution in [0.3, 0.4) is 0 Å². The fourth-order valence-electron chi connectivity index (χ4n) is 1.40. The van der Waals surface area contributed by atoms with Crippen LogP contribution in [0.15, 0.2) is 0 Å². The Morgan fingerprint density at radius 1 is 1.47 bits per heavy atom. The van der Waals surface area contributed by atoms with E-state index in [1.807, 2.05) is 0 Å². The lowest BCUT2D eigenvalue weighted by Crippen LogP contribution is -2.48. The van der Waals surface area contributed by atoms with Crippen molar-refractivity contribution in [2.45, 2.75) is 52.1 Å². The predicted molar refractivity (Wildman–Crippen MR) is 61.8 cm³/mol. The van der Waals surface area contributed by atoms with Crippen LogP contribution in [0.5, 0.6) is 0 Å². The van der Waals surface area contributed by atoms with Crippen LogP contribution in [0.1, 0.15) is 40.5 Å². The molecule has 0 rings (SSSR count). The molecule has 0 bridgehead atoms. The Hall–Kier alpha value is -0.610. The van der Waals surface area contributed by atoms with Gasteiger partial charge in [0.25, 0.3) is 0 Å². The van der Waals surface area contributed by atoms with Crippen LogP contribution in [0.4, 0.5) is 0 Å². The molecule has 0 aromatic heterocycles. The van der Waals surface area contributed by atoms with E-state index in [0.29, 0.717) is 12.5 Å². The zero-order valence-electron chi connectivity index (χ0n) is 10.3. The van der Waals surface area contributed by atoms with Gasteiger partial charge in [0.2, 0.25) is 0 Å². The first-order valence-corrected chi connectivity index (χ1v) is 5.57. The second-order valence-electron chi connectivity index (χ2n) is 4.60. The van der Waals surface area contributed by atoms with Crippen molar-refractivity contribution in [1.29, 1.82) is 0 Å². The van der Waals surface area contributed by atoms with E-state index in [0.717, 1.165) is 19.5 Å². The third-order valence-corrected chi connectivity index (χ3v) is 2.65. The summed E-state index contributed by atoms with van der Waals surface area (Å²) in [6, 6.07) is 0.439. The molecule has 0 aliphatic heterocycles. The Morgan fingerprint density at radius 3 is 2.33 bits per heavy atom. The Labute approximate surface area is 92.4 Å². The van der Waals surface area contributed by atoms with Crippen LogP contribution in [0, 0.1) is 0 Å². The molecule has 4 heteroatoms. The molecule has 0 spiro atoms. The van der Waals surface area contributed by atoms with Gasteiger partial charge in [-0.15, -0.1) is 0 Å². The highest BCUT2D eigenvalue weighted by atomic mass is 16.4. The zero-order chi connectivity index (χ0) is 12.1. The molecule has 0 aromatic rings. The van der Waals surface area contributed by atoms with Crippen LogP contribution in [0.25, 0.3) is 0 Å². The molecular formula is C11H24N2O2. The van der Waals surface area contributed by atoms with Gasteiger partial charge in [-0.1, -0.05) is 6.92 Å². The quantitative estimate of drug-likeness (QED) is 0.673. The summed E-state index contributed by atoms with van der Waals surface area (Å²) in [5.41, 5.74) is 4.57. The molecule has 0 amide bonds. The summed E-state index contributed by atoms with van der Waals surface area (Å²) in [5.74, 6) is -0.928. The minimum Gasteiger partial charge on any atom is -0.480 e. The van der Waals surface area contributed by atoms with Gasteiger partial charge in [-0.25, -0.2) is 0 Å². The monoisotopic (exact) mass is 216 g/mol. The van der Waals surface area contributed by atoms with E-state index in [4.69, 9.17) is 10.8 Å². The van der Waals surface area contributed by atoms with Crippen molar-refractivity contribution in [3.05, 3.63) is 0 Å². The van der Waals surface area contributed by atoms with E-state index < -0.39 is 11.5 Å². The normalized spacial score (nSPS) is 15.7. The molecule has 3 N–H and O–H groups in total. The van der Waals surface area contributed by atoms with E-state index >= 15 is 0 Å². The highest BCUT2D eigenvalue weighted by Gasteiger charge is 2.28. The number of hydrogen-bond donors (Lipinski definition) is 2. The van der Waals surface area contributed by atoms with Gasteiger partial charge in [-0.3, -0.25) is 4.79 Å². The third kappa shape index (κ3) is 5.14. The smallest absolute Gasteiger partial charge is 0.323 e. The Balaban J connectivity index is 4.15. The molecule has 1 unspecified atom stereocenters. The SMILES string of the molecule is CCCN(CCC(C)(N)C(=O)O)C(C)C. The number of carbonyl (C=O) groups is 1. The molecule has 0 radical (unpaired) electrons. The molecular weight excluding hydrogens is 192 g/mol. The van der Waals surface area contributed by atoms with Crippen LogP contribution >= 0.6 is 0 Å². The average molecular weight is 216 g/mol. The summed E-state index contributed by atoms with van der Waals surface area (Å²) in [6.45, 7) is 9.65. The van der Waals surface area contributed by atoms with Crippen molar-refractivity contribution in [3.63, 3.8) is 0 Å². The van der Waals surface area contributed by atoms with Gasteiger partial charge in [0.1, 0.15) is 5.54 Å². The van der Waals surface area contributed by atoms with Gasteiger partial charge in [-0.2, -0.15) is 0 Å². The van der Waals surface area contributed by atoms with Gasteiger partial charge >= 0.3 is 5.97 Å². The average Bonchev–Trinajstić information content (AvgIpc) is 2.11. The van der Waals surface area contributed by atoms with Crippen LogP contribution < -0.4 is 5.73 Å². The molecule has 0 aliphatic rings. The maximum atomic E-state index is 10.8. The zero-order valence-corrected chi connectivity index (χ0v) is 10.3. The number of carboxylic acid groups (broad SMARTS) is 1. The summed E-state index contributed by atoms with van der Waals surface area (Å²) >= 11 is 0. The number of carboxylic acids is 1. The van der Waals surface area contributed by atoms with Crippen LogP contribution in [-0.2, 0) is 4.79 Å². The van der Waals surface area contributed by atoms with Gasteiger partial charge in [0.15, 0.2) is 0 Å². The van der Waals surface area contributed by atoms with Crippen molar-refractivity contribution in [2.24, 2.45) is 5.73 Å². The molecule has 0 aliphatic carbocycles. The Morgan fingerprint density at radius 2 is 2.00 bits per heavy atom. The Kier molecular flexibility index (Phi) is 5.83. The maximum Gasteiger partial charge on any atom is 0.323 e. The van der Waals surface area contributed by atoms with Crippen molar-refractivity contribution >= 4 is 5.97 Å². The second kappa shape index (κ2) is 6.08. The number of nitrogens with two attached hydrogens (primary N) is 1. The van der Waals surface area contributed by atoms with Gasteiger partial charge in [-0.05, 0) is 40.2 Å².